The van der Waals surface area contributed by atoms with Crippen molar-refractivity contribution in [3.63, 3.8) is 0 Å². The molecule has 2 aromatic rings. The first kappa shape index (κ1) is 14.1. The van der Waals surface area contributed by atoms with E-state index in [1.165, 1.54) is 5.56 Å². The summed E-state index contributed by atoms with van der Waals surface area (Å²) in [6, 6.07) is 10.2. The van der Waals surface area contributed by atoms with Crippen LogP contribution in [-0.2, 0) is 17.8 Å². The molecule has 20 heavy (non-hydrogen) atoms. The highest BCUT2D eigenvalue weighted by Gasteiger charge is 2.00. The number of amides is 1. The summed E-state index contributed by atoms with van der Waals surface area (Å²) in [5, 5.41) is 7.46. The molecule has 0 fully saturated rings. The minimum absolute atomic E-state index is 0.271. The summed E-state index contributed by atoms with van der Waals surface area (Å²) >= 11 is 0. The molecule has 0 saturated heterocycles. The molecule has 6 heteroatoms. The molecular formula is C14H18N4O2. The van der Waals surface area contributed by atoms with Gasteiger partial charge in [-0.1, -0.05) is 30.3 Å². The van der Waals surface area contributed by atoms with Crippen LogP contribution < -0.4 is 11.1 Å². The first-order valence-electron chi connectivity index (χ1n) is 6.42. The second kappa shape index (κ2) is 7.30. The van der Waals surface area contributed by atoms with Crippen LogP contribution in [-0.4, -0.2) is 29.0 Å². The molecule has 0 unspecified atom stereocenters. The van der Waals surface area contributed by atoms with E-state index in [0.29, 0.717) is 13.1 Å². The number of carbonyl (C=O) groups excluding carboxylic acids is 1. The molecule has 1 aromatic carbocycles. The quantitative estimate of drug-likeness (QED) is 0.741. The minimum Gasteiger partial charge on any atom is -0.448 e. The number of nitrogens with zero attached hydrogens (tertiary/aromatic N) is 2. The summed E-state index contributed by atoms with van der Waals surface area (Å²) in [6.45, 7) is 2.27. The number of ether oxygens (including phenoxy) is 1. The van der Waals surface area contributed by atoms with Crippen LogP contribution in [0.2, 0.25) is 0 Å². The highest BCUT2D eigenvalue weighted by atomic mass is 16.5. The van der Waals surface area contributed by atoms with E-state index < -0.39 is 6.09 Å². The van der Waals surface area contributed by atoms with Gasteiger partial charge in [-0.25, -0.2) is 4.79 Å². The van der Waals surface area contributed by atoms with E-state index in [2.05, 4.69) is 27.3 Å². The Hall–Kier alpha value is -2.34. The zero-order valence-corrected chi connectivity index (χ0v) is 11.2. The summed E-state index contributed by atoms with van der Waals surface area (Å²) in [5.41, 5.74) is 7.16. The second-order valence-corrected chi connectivity index (χ2v) is 4.38. The standard InChI is InChI=1S/C14H18N4O2/c15-14(19)20-7-6-16-8-13-9-17-18(11-13)10-12-4-2-1-3-5-12/h1-5,9,11,16H,6-8,10H2,(H2,15,19). The predicted octanol–water partition coefficient (Wildman–Crippen LogP) is 1.12. The van der Waals surface area contributed by atoms with Crippen LogP contribution in [0, 0.1) is 0 Å². The van der Waals surface area contributed by atoms with Crippen LogP contribution in [0.5, 0.6) is 0 Å². The highest BCUT2D eigenvalue weighted by molar-refractivity contribution is 5.64. The molecule has 1 amide bonds. The van der Waals surface area contributed by atoms with Crippen molar-refractivity contribution < 1.29 is 9.53 Å². The van der Waals surface area contributed by atoms with Crippen molar-refractivity contribution >= 4 is 6.09 Å². The summed E-state index contributed by atoms with van der Waals surface area (Å²) in [4.78, 5) is 10.4. The summed E-state index contributed by atoms with van der Waals surface area (Å²) in [7, 11) is 0. The summed E-state index contributed by atoms with van der Waals surface area (Å²) < 4.78 is 6.51. The van der Waals surface area contributed by atoms with Crippen LogP contribution in [0.15, 0.2) is 42.7 Å². The van der Waals surface area contributed by atoms with Gasteiger partial charge in [0.15, 0.2) is 0 Å². The van der Waals surface area contributed by atoms with E-state index in [1.54, 1.807) is 0 Å². The SMILES string of the molecule is NC(=O)OCCNCc1cnn(Cc2ccccc2)c1. The Labute approximate surface area is 117 Å². The normalized spacial score (nSPS) is 10.4. The predicted molar refractivity (Wildman–Crippen MR) is 75.0 cm³/mol. The molecule has 1 aromatic heterocycles. The van der Waals surface area contributed by atoms with Gasteiger partial charge in [-0.05, 0) is 5.56 Å². The van der Waals surface area contributed by atoms with Gasteiger partial charge in [0.05, 0.1) is 12.7 Å². The second-order valence-electron chi connectivity index (χ2n) is 4.38. The van der Waals surface area contributed by atoms with Gasteiger partial charge in [-0.15, -0.1) is 0 Å². The molecule has 0 spiro atoms. The maximum Gasteiger partial charge on any atom is 0.404 e. The van der Waals surface area contributed by atoms with Gasteiger partial charge in [-0.3, -0.25) is 4.68 Å². The van der Waals surface area contributed by atoms with Crippen molar-refractivity contribution in [3.8, 4) is 0 Å². The Bertz CT molecular complexity index is 539. The molecule has 6 nitrogen and oxygen atoms in total. The van der Waals surface area contributed by atoms with Crippen LogP contribution in [0.1, 0.15) is 11.1 Å². The van der Waals surface area contributed by atoms with Gasteiger partial charge in [-0.2, -0.15) is 5.10 Å². The van der Waals surface area contributed by atoms with E-state index in [1.807, 2.05) is 35.3 Å². The fraction of sp³-hybridized carbons (Fsp3) is 0.286. The topological polar surface area (TPSA) is 82.2 Å². The van der Waals surface area contributed by atoms with Crippen molar-refractivity contribution in [1.82, 2.24) is 15.1 Å². The van der Waals surface area contributed by atoms with Crippen molar-refractivity contribution in [3.05, 3.63) is 53.9 Å². The molecule has 0 saturated carbocycles. The number of benzene rings is 1. The molecule has 0 bridgehead atoms. The molecule has 0 aliphatic carbocycles. The number of aromatic nitrogens is 2. The minimum atomic E-state index is -0.748. The summed E-state index contributed by atoms with van der Waals surface area (Å²) in [5.74, 6) is 0. The maximum atomic E-state index is 10.4. The molecule has 0 radical (unpaired) electrons. The third kappa shape index (κ3) is 4.74. The number of nitrogens with two attached hydrogens (primary N) is 1. The van der Waals surface area contributed by atoms with Crippen LogP contribution in [0.4, 0.5) is 4.79 Å². The Morgan fingerprint density at radius 1 is 1.30 bits per heavy atom. The fourth-order valence-electron chi connectivity index (χ4n) is 1.81. The fourth-order valence-corrected chi connectivity index (χ4v) is 1.81. The smallest absolute Gasteiger partial charge is 0.404 e. The van der Waals surface area contributed by atoms with Crippen LogP contribution in [0.3, 0.4) is 0 Å². The Morgan fingerprint density at radius 2 is 2.10 bits per heavy atom. The molecule has 106 valence electrons. The lowest BCUT2D eigenvalue weighted by Gasteiger charge is -2.03. The number of hydrogen-bond acceptors (Lipinski definition) is 4. The Morgan fingerprint density at radius 3 is 2.85 bits per heavy atom. The van der Waals surface area contributed by atoms with Crippen molar-refractivity contribution in [1.29, 1.82) is 0 Å². The molecular weight excluding hydrogens is 256 g/mol. The Kier molecular flexibility index (Phi) is 5.14. The van der Waals surface area contributed by atoms with E-state index in [-0.39, 0.29) is 6.61 Å². The lowest BCUT2D eigenvalue weighted by Crippen LogP contribution is -2.23. The third-order valence-electron chi connectivity index (χ3n) is 2.73. The van der Waals surface area contributed by atoms with E-state index in [4.69, 9.17) is 5.73 Å². The first-order chi connectivity index (χ1) is 9.74. The molecule has 1 heterocycles. The third-order valence-corrected chi connectivity index (χ3v) is 2.73. The average Bonchev–Trinajstić information content (AvgIpc) is 2.87. The monoisotopic (exact) mass is 274 g/mol. The first-order valence-corrected chi connectivity index (χ1v) is 6.42. The highest BCUT2D eigenvalue weighted by Crippen LogP contribution is 2.03. The number of rotatable bonds is 7. The number of hydrogen-bond donors (Lipinski definition) is 2. The van der Waals surface area contributed by atoms with Gasteiger partial charge in [0.2, 0.25) is 0 Å². The number of primary amides is 1. The molecule has 2 rings (SSSR count). The van der Waals surface area contributed by atoms with Gasteiger partial charge in [0, 0.05) is 24.8 Å². The van der Waals surface area contributed by atoms with Gasteiger partial charge in [0.25, 0.3) is 0 Å². The molecule has 0 aliphatic heterocycles. The van der Waals surface area contributed by atoms with Gasteiger partial charge >= 0.3 is 6.09 Å². The maximum absolute atomic E-state index is 10.4. The van der Waals surface area contributed by atoms with Gasteiger partial charge in [0.1, 0.15) is 6.61 Å². The average molecular weight is 274 g/mol. The van der Waals surface area contributed by atoms with Crippen molar-refractivity contribution in [2.45, 2.75) is 13.1 Å². The molecule has 3 N–H and O–H groups in total. The van der Waals surface area contributed by atoms with Crippen molar-refractivity contribution in [2.24, 2.45) is 5.73 Å². The summed E-state index contributed by atoms with van der Waals surface area (Å²) in [6.07, 6.45) is 3.07. The number of carbonyl (C=O) groups is 1. The number of nitrogens with one attached hydrogen (secondary N) is 1. The van der Waals surface area contributed by atoms with Crippen LogP contribution >= 0.6 is 0 Å². The van der Waals surface area contributed by atoms with Gasteiger partial charge < -0.3 is 15.8 Å². The molecule has 0 aliphatic rings. The molecule has 0 atom stereocenters. The Balaban J connectivity index is 1.73. The lowest BCUT2D eigenvalue weighted by atomic mass is 10.2. The van der Waals surface area contributed by atoms with Crippen molar-refractivity contribution in [2.75, 3.05) is 13.2 Å². The largest absolute Gasteiger partial charge is 0.448 e. The zero-order valence-electron chi connectivity index (χ0n) is 11.2. The van der Waals surface area contributed by atoms with Crippen LogP contribution in [0.25, 0.3) is 0 Å². The van der Waals surface area contributed by atoms with E-state index >= 15 is 0 Å². The lowest BCUT2D eigenvalue weighted by molar-refractivity contribution is 0.157. The zero-order chi connectivity index (χ0) is 14.2. The van der Waals surface area contributed by atoms with E-state index in [0.717, 1.165) is 12.1 Å². The van der Waals surface area contributed by atoms with E-state index in [9.17, 15) is 4.79 Å².